The quantitative estimate of drug-likeness (QED) is 0.750. The molecule has 0 fully saturated rings. The minimum absolute atomic E-state index is 0.210. The lowest BCUT2D eigenvalue weighted by Crippen LogP contribution is -2.21. The lowest BCUT2D eigenvalue weighted by molar-refractivity contribution is -0.192. The lowest BCUT2D eigenvalue weighted by Gasteiger charge is -1.94. The molecular formula is C7H8F3N3O4. The molecule has 1 heterocycles. The van der Waals surface area contributed by atoms with Gasteiger partial charge in [0.05, 0.1) is 12.8 Å². The number of aromatic nitrogens is 3. The number of halogens is 3. The average Bonchev–Trinajstić information content (AvgIpc) is 2.70. The van der Waals surface area contributed by atoms with Crippen LogP contribution in [0.3, 0.4) is 0 Å². The minimum atomic E-state index is -5.08. The van der Waals surface area contributed by atoms with Crippen LogP contribution in [0.25, 0.3) is 0 Å². The van der Waals surface area contributed by atoms with Crippen LogP contribution in [0.2, 0.25) is 0 Å². The number of carboxylic acids is 1. The predicted molar refractivity (Wildman–Crippen MR) is 46.0 cm³/mol. The van der Waals surface area contributed by atoms with Crippen LogP contribution in [0, 0.1) is 0 Å². The molecule has 0 atom stereocenters. The summed E-state index contributed by atoms with van der Waals surface area (Å²) in [5.74, 6) is -3.20. The molecule has 1 rings (SSSR count). The summed E-state index contributed by atoms with van der Waals surface area (Å²) in [6, 6.07) is 0. The zero-order chi connectivity index (χ0) is 13.5. The van der Waals surface area contributed by atoms with Crippen LogP contribution in [-0.2, 0) is 9.53 Å². The molecule has 7 nitrogen and oxygen atoms in total. The van der Waals surface area contributed by atoms with Crippen LogP contribution in [0.1, 0.15) is 17.4 Å². The van der Waals surface area contributed by atoms with E-state index in [9.17, 15) is 18.0 Å². The summed E-state index contributed by atoms with van der Waals surface area (Å²) >= 11 is 0. The number of rotatable bonds is 2. The van der Waals surface area contributed by atoms with Gasteiger partial charge in [-0.3, -0.25) is 0 Å². The van der Waals surface area contributed by atoms with Crippen molar-refractivity contribution in [1.82, 2.24) is 15.4 Å². The highest BCUT2D eigenvalue weighted by Gasteiger charge is 2.38. The van der Waals surface area contributed by atoms with Crippen LogP contribution >= 0.6 is 0 Å². The number of aromatic amines is 1. The van der Waals surface area contributed by atoms with E-state index in [-0.39, 0.29) is 5.69 Å². The normalized spacial score (nSPS) is 10.1. The van der Waals surface area contributed by atoms with E-state index in [1.165, 1.54) is 6.20 Å². The van der Waals surface area contributed by atoms with E-state index in [1.807, 2.05) is 0 Å². The Balaban J connectivity index is 0.000000325. The van der Waals surface area contributed by atoms with E-state index < -0.39 is 18.1 Å². The molecule has 96 valence electrons. The smallest absolute Gasteiger partial charge is 0.475 e. The first-order chi connectivity index (χ1) is 7.79. The van der Waals surface area contributed by atoms with Gasteiger partial charge in [0.1, 0.15) is 0 Å². The molecule has 0 spiro atoms. The van der Waals surface area contributed by atoms with Gasteiger partial charge in [-0.15, -0.1) is 5.10 Å². The fourth-order valence-corrected chi connectivity index (χ4v) is 0.505. The zero-order valence-electron chi connectivity index (χ0n) is 8.48. The van der Waals surface area contributed by atoms with Crippen molar-refractivity contribution >= 4 is 11.9 Å². The summed E-state index contributed by atoms with van der Waals surface area (Å²) in [5.41, 5.74) is 0.210. The van der Waals surface area contributed by atoms with Gasteiger partial charge in [0, 0.05) is 0 Å². The Morgan fingerprint density at radius 1 is 1.53 bits per heavy atom. The van der Waals surface area contributed by atoms with Gasteiger partial charge in [0.15, 0.2) is 5.69 Å². The largest absolute Gasteiger partial charge is 0.490 e. The van der Waals surface area contributed by atoms with Gasteiger partial charge in [-0.1, -0.05) is 0 Å². The third-order valence-corrected chi connectivity index (χ3v) is 1.14. The first-order valence-corrected chi connectivity index (χ1v) is 4.12. The highest BCUT2D eigenvalue weighted by molar-refractivity contribution is 5.86. The monoisotopic (exact) mass is 255 g/mol. The Hall–Kier alpha value is -2.13. The van der Waals surface area contributed by atoms with Crippen molar-refractivity contribution in [3.05, 3.63) is 11.9 Å². The number of ether oxygens (including phenoxy) is 1. The maximum atomic E-state index is 10.8. The third-order valence-electron chi connectivity index (χ3n) is 1.14. The summed E-state index contributed by atoms with van der Waals surface area (Å²) in [7, 11) is 0. The van der Waals surface area contributed by atoms with E-state index in [2.05, 4.69) is 20.1 Å². The zero-order valence-corrected chi connectivity index (χ0v) is 8.48. The molecule has 0 unspecified atom stereocenters. The highest BCUT2D eigenvalue weighted by atomic mass is 19.4. The molecule has 0 aliphatic carbocycles. The van der Waals surface area contributed by atoms with E-state index in [1.54, 1.807) is 6.92 Å². The van der Waals surface area contributed by atoms with E-state index in [0.29, 0.717) is 6.61 Å². The molecule has 1 aromatic rings. The number of nitrogens with zero attached hydrogens (tertiary/aromatic N) is 2. The SMILES string of the molecule is CCOC(=O)c1cn[nH]n1.O=C(O)C(F)(F)F. The number of H-pyrrole nitrogens is 1. The molecule has 0 saturated heterocycles. The molecular weight excluding hydrogens is 247 g/mol. The second-order valence-electron chi connectivity index (χ2n) is 2.38. The van der Waals surface area contributed by atoms with Crippen molar-refractivity contribution in [2.75, 3.05) is 6.61 Å². The van der Waals surface area contributed by atoms with Crippen molar-refractivity contribution in [3.8, 4) is 0 Å². The molecule has 0 bridgehead atoms. The number of esters is 1. The van der Waals surface area contributed by atoms with Gasteiger partial charge in [-0.05, 0) is 6.92 Å². The Morgan fingerprint density at radius 2 is 2.06 bits per heavy atom. The lowest BCUT2D eigenvalue weighted by atomic mass is 10.5. The van der Waals surface area contributed by atoms with Gasteiger partial charge in [0.25, 0.3) is 0 Å². The van der Waals surface area contributed by atoms with Crippen LogP contribution in [0.4, 0.5) is 13.2 Å². The standard InChI is InChI=1S/C5H7N3O2.C2HF3O2/c1-2-10-5(9)4-3-6-8-7-4;3-2(4,5)1(6)7/h3H,2H2,1H3,(H,6,7,8);(H,6,7). The van der Waals surface area contributed by atoms with Crippen molar-refractivity contribution in [1.29, 1.82) is 0 Å². The van der Waals surface area contributed by atoms with Crippen molar-refractivity contribution in [3.63, 3.8) is 0 Å². The van der Waals surface area contributed by atoms with Crippen LogP contribution in [0.15, 0.2) is 6.20 Å². The second-order valence-corrected chi connectivity index (χ2v) is 2.38. The van der Waals surface area contributed by atoms with Gasteiger partial charge >= 0.3 is 18.1 Å². The van der Waals surface area contributed by atoms with Gasteiger partial charge in [0.2, 0.25) is 0 Å². The molecule has 0 saturated carbocycles. The number of alkyl halides is 3. The summed E-state index contributed by atoms with van der Waals surface area (Å²) in [6.07, 6.45) is -3.77. The first-order valence-electron chi connectivity index (χ1n) is 4.12. The topological polar surface area (TPSA) is 105 Å². The molecule has 0 radical (unpaired) electrons. The number of hydrogen-bond acceptors (Lipinski definition) is 5. The maximum absolute atomic E-state index is 10.8. The minimum Gasteiger partial charge on any atom is -0.475 e. The number of carbonyl (C=O) groups excluding carboxylic acids is 1. The number of hydrogen-bond donors (Lipinski definition) is 2. The fraction of sp³-hybridized carbons (Fsp3) is 0.429. The molecule has 17 heavy (non-hydrogen) atoms. The number of carbonyl (C=O) groups is 2. The number of carboxylic acid groups (broad SMARTS) is 1. The van der Waals surface area contributed by atoms with Gasteiger partial charge in [-0.25, -0.2) is 9.59 Å². The van der Waals surface area contributed by atoms with E-state index >= 15 is 0 Å². The molecule has 0 aromatic carbocycles. The van der Waals surface area contributed by atoms with Crippen molar-refractivity contribution in [2.24, 2.45) is 0 Å². The van der Waals surface area contributed by atoms with Crippen LogP contribution in [0.5, 0.6) is 0 Å². The fourth-order valence-electron chi connectivity index (χ4n) is 0.505. The molecule has 0 amide bonds. The summed E-state index contributed by atoms with van der Waals surface area (Å²) in [6.45, 7) is 2.09. The molecule has 10 heteroatoms. The average molecular weight is 255 g/mol. The maximum Gasteiger partial charge on any atom is 0.490 e. The Kier molecular flexibility index (Phi) is 5.64. The molecule has 2 N–H and O–H groups in total. The van der Waals surface area contributed by atoms with E-state index in [0.717, 1.165) is 0 Å². The Bertz CT molecular complexity index is 363. The first kappa shape index (κ1) is 14.9. The molecule has 1 aromatic heterocycles. The summed E-state index contributed by atoms with van der Waals surface area (Å²) in [4.78, 5) is 19.7. The number of aliphatic carboxylic acids is 1. The number of nitrogens with one attached hydrogen (secondary N) is 1. The summed E-state index contributed by atoms with van der Waals surface area (Å²) in [5, 5.41) is 16.4. The van der Waals surface area contributed by atoms with Crippen LogP contribution < -0.4 is 0 Å². The predicted octanol–water partition coefficient (Wildman–Crippen LogP) is 0.615. The van der Waals surface area contributed by atoms with Crippen LogP contribution in [-0.4, -0.2) is 45.2 Å². The summed E-state index contributed by atoms with van der Waals surface area (Å²) < 4.78 is 36.4. The Morgan fingerprint density at radius 3 is 2.35 bits per heavy atom. The third kappa shape index (κ3) is 6.12. The van der Waals surface area contributed by atoms with Gasteiger partial charge in [-0.2, -0.15) is 23.5 Å². The second kappa shape index (κ2) is 6.45. The highest BCUT2D eigenvalue weighted by Crippen LogP contribution is 2.13. The Labute approximate surface area is 92.6 Å². The molecule has 0 aliphatic rings. The van der Waals surface area contributed by atoms with Crippen molar-refractivity contribution < 1.29 is 32.6 Å². The van der Waals surface area contributed by atoms with E-state index in [4.69, 9.17) is 9.90 Å². The molecule has 0 aliphatic heterocycles. The van der Waals surface area contributed by atoms with Gasteiger partial charge < -0.3 is 9.84 Å². The van der Waals surface area contributed by atoms with Crippen molar-refractivity contribution in [2.45, 2.75) is 13.1 Å².